The third kappa shape index (κ3) is 4.38. The van der Waals surface area contributed by atoms with Crippen molar-refractivity contribution in [3.8, 4) is 0 Å². The van der Waals surface area contributed by atoms with Crippen LogP contribution < -0.4 is 10.2 Å². The van der Waals surface area contributed by atoms with Crippen molar-refractivity contribution >= 4 is 5.82 Å². The number of anilines is 1. The van der Waals surface area contributed by atoms with E-state index in [0.717, 1.165) is 37.7 Å². The van der Waals surface area contributed by atoms with Crippen LogP contribution in [0.2, 0.25) is 0 Å². The lowest BCUT2D eigenvalue weighted by molar-refractivity contribution is 0.138. The fourth-order valence-corrected chi connectivity index (χ4v) is 2.42. The molecule has 21 heavy (non-hydrogen) atoms. The van der Waals surface area contributed by atoms with E-state index in [0.29, 0.717) is 0 Å². The quantitative estimate of drug-likeness (QED) is 0.921. The normalized spacial score (nSPS) is 19.8. The molecule has 0 radical (unpaired) electrons. The molecule has 5 nitrogen and oxygen atoms in total. The van der Waals surface area contributed by atoms with Crippen LogP contribution in [0.5, 0.6) is 0 Å². The minimum atomic E-state index is 0.0908. The molecule has 118 valence electrons. The predicted molar refractivity (Wildman–Crippen MR) is 87.5 cm³/mol. The van der Waals surface area contributed by atoms with Crippen LogP contribution in [0.15, 0.2) is 12.4 Å². The molecule has 1 saturated heterocycles. The third-order valence-electron chi connectivity index (χ3n) is 4.11. The second-order valence-corrected chi connectivity index (χ2v) is 7.63. The Balaban J connectivity index is 2.07. The summed E-state index contributed by atoms with van der Waals surface area (Å²) in [6, 6.07) is 0. The van der Waals surface area contributed by atoms with Gasteiger partial charge in [-0.2, -0.15) is 0 Å². The first kappa shape index (κ1) is 16.2. The Morgan fingerprint density at radius 1 is 1.24 bits per heavy atom. The summed E-state index contributed by atoms with van der Waals surface area (Å²) in [4.78, 5) is 13.9. The van der Waals surface area contributed by atoms with E-state index in [9.17, 15) is 0 Å². The molecule has 0 aliphatic carbocycles. The van der Waals surface area contributed by atoms with Gasteiger partial charge < -0.3 is 10.2 Å². The fourth-order valence-electron chi connectivity index (χ4n) is 2.42. The first-order chi connectivity index (χ1) is 9.67. The largest absolute Gasteiger partial charge is 0.352 e. The minimum Gasteiger partial charge on any atom is -0.352 e. The number of hydrogen-bond acceptors (Lipinski definition) is 5. The second kappa shape index (κ2) is 5.89. The summed E-state index contributed by atoms with van der Waals surface area (Å²) >= 11 is 0. The molecule has 1 fully saturated rings. The van der Waals surface area contributed by atoms with Gasteiger partial charge >= 0.3 is 0 Å². The van der Waals surface area contributed by atoms with Crippen molar-refractivity contribution in [1.29, 1.82) is 0 Å². The highest BCUT2D eigenvalue weighted by atomic mass is 15.3. The molecular weight excluding hydrogens is 262 g/mol. The van der Waals surface area contributed by atoms with Gasteiger partial charge in [-0.3, -0.25) is 9.88 Å². The zero-order valence-corrected chi connectivity index (χ0v) is 14.3. The zero-order valence-electron chi connectivity index (χ0n) is 14.3. The van der Waals surface area contributed by atoms with E-state index in [1.54, 1.807) is 0 Å². The molecule has 1 aliphatic heterocycles. The van der Waals surface area contributed by atoms with Crippen LogP contribution in [0.1, 0.15) is 40.3 Å². The summed E-state index contributed by atoms with van der Waals surface area (Å²) in [6.07, 6.45) is 3.73. The van der Waals surface area contributed by atoms with Gasteiger partial charge in [-0.25, -0.2) is 4.98 Å². The number of aromatic nitrogens is 2. The van der Waals surface area contributed by atoms with Crippen LogP contribution in [0, 0.1) is 0 Å². The lowest BCUT2D eigenvalue weighted by Crippen LogP contribution is -2.58. The topological polar surface area (TPSA) is 44.3 Å². The molecule has 5 heteroatoms. The maximum atomic E-state index is 4.77. The molecule has 0 spiro atoms. The molecule has 1 N–H and O–H groups in total. The molecule has 0 aromatic carbocycles. The lowest BCUT2D eigenvalue weighted by Gasteiger charge is -2.45. The highest BCUT2D eigenvalue weighted by Gasteiger charge is 2.31. The number of likely N-dealkylation sites (N-methyl/N-ethyl adjacent to an activating group) is 1. The number of piperazine rings is 1. The van der Waals surface area contributed by atoms with Crippen molar-refractivity contribution in [2.45, 2.75) is 52.2 Å². The Morgan fingerprint density at radius 3 is 2.57 bits per heavy atom. The summed E-state index contributed by atoms with van der Waals surface area (Å²) in [5.74, 6) is 0.990. The van der Waals surface area contributed by atoms with E-state index >= 15 is 0 Å². The van der Waals surface area contributed by atoms with Gasteiger partial charge in [0.05, 0.1) is 11.9 Å². The number of hydrogen-bond donors (Lipinski definition) is 1. The maximum Gasteiger partial charge on any atom is 0.147 e. The average molecular weight is 291 g/mol. The van der Waals surface area contributed by atoms with Crippen molar-refractivity contribution in [2.75, 3.05) is 31.6 Å². The van der Waals surface area contributed by atoms with Crippen molar-refractivity contribution in [1.82, 2.24) is 20.2 Å². The molecule has 0 atom stereocenters. The second-order valence-electron chi connectivity index (χ2n) is 7.63. The monoisotopic (exact) mass is 291 g/mol. The van der Waals surface area contributed by atoms with Crippen LogP contribution in [0.25, 0.3) is 0 Å². The Bertz CT molecular complexity index is 478. The third-order valence-corrected chi connectivity index (χ3v) is 4.11. The SMILES string of the molecule is CN1CCN(c2cncc(CNC(C)(C)C)n2)CC1(C)C. The van der Waals surface area contributed by atoms with Crippen molar-refractivity contribution in [3.05, 3.63) is 18.1 Å². The van der Waals surface area contributed by atoms with E-state index in [4.69, 9.17) is 4.98 Å². The molecule has 2 heterocycles. The fraction of sp³-hybridized carbons (Fsp3) is 0.750. The average Bonchev–Trinajstić information content (AvgIpc) is 2.39. The van der Waals surface area contributed by atoms with E-state index in [2.05, 4.69) is 61.8 Å². The molecule has 1 aromatic heterocycles. The van der Waals surface area contributed by atoms with E-state index < -0.39 is 0 Å². The Labute approximate surface area is 128 Å². The van der Waals surface area contributed by atoms with E-state index in [1.165, 1.54) is 0 Å². The lowest BCUT2D eigenvalue weighted by atomic mass is 10.00. The molecule has 0 bridgehead atoms. The molecule has 0 saturated carbocycles. The van der Waals surface area contributed by atoms with Crippen LogP contribution >= 0.6 is 0 Å². The Kier molecular flexibility index (Phi) is 4.54. The van der Waals surface area contributed by atoms with Gasteiger partial charge in [-0.1, -0.05) is 0 Å². The number of nitrogens with zero attached hydrogens (tertiary/aromatic N) is 4. The molecule has 1 aromatic rings. The summed E-state index contributed by atoms with van der Waals surface area (Å²) in [6.45, 7) is 14.8. The summed E-state index contributed by atoms with van der Waals surface area (Å²) < 4.78 is 0. The highest BCUT2D eigenvalue weighted by Crippen LogP contribution is 2.22. The van der Waals surface area contributed by atoms with Gasteiger partial charge in [0.1, 0.15) is 5.82 Å². The summed E-state index contributed by atoms with van der Waals surface area (Å²) in [7, 11) is 2.19. The zero-order chi connectivity index (χ0) is 15.7. The van der Waals surface area contributed by atoms with Crippen LogP contribution in [0.4, 0.5) is 5.82 Å². The van der Waals surface area contributed by atoms with E-state index in [-0.39, 0.29) is 11.1 Å². The molecule has 1 aliphatic rings. The summed E-state index contributed by atoms with van der Waals surface area (Å²) in [5.41, 5.74) is 1.26. The molecule has 0 unspecified atom stereocenters. The van der Waals surface area contributed by atoms with Gasteiger partial charge in [0.15, 0.2) is 0 Å². The van der Waals surface area contributed by atoms with Crippen molar-refractivity contribution in [2.24, 2.45) is 0 Å². The van der Waals surface area contributed by atoms with Crippen LogP contribution in [-0.2, 0) is 6.54 Å². The van der Waals surface area contributed by atoms with E-state index in [1.807, 2.05) is 12.4 Å². The number of nitrogens with one attached hydrogen (secondary N) is 1. The first-order valence-corrected chi connectivity index (χ1v) is 7.69. The maximum absolute atomic E-state index is 4.77. The van der Waals surface area contributed by atoms with Crippen LogP contribution in [0.3, 0.4) is 0 Å². The van der Waals surface area contributed by atoms with Crippen molar-refractivity contribution < 1.29 is 0 Å². The van der Waals surface area contributed by atoms with Gasteiger partial charge in [-0.05, 0) is 41.7 Å². The standard InChI is InChI=1S/C16H29N5/c1-15(2,3)18-10-13-9-17-11-14(19-13)21-8-7-20(6)16(4,5)12-21/h9,11,18H,7-8,10,12H2,1-6H3. The van der Waals surface area contributed by atoms with Crippen LogP contribution in [-0.4, -0.2) is 52.6 Å². The van der Waals surface area contributed by atoms with Gasteiger partial charge in [-0.15, -0.1) is 0 Å². The van der Waals surface area contributed by atoms with Gasteiger partial charge in [0.2, 0.25) is 0 Å². The van der Waals surface area contributed by atoms with Gasteiger partial charge in [0.25, 0.3) is 0 Å². The molecule has 2 rings (SSSR count). The summed E-state index contributed by atoms with van der Waals surface area (Å²) in [5, 5.41) is 3.46. The number of rotatable bonds is 3. The first-order valence-electron chi connectivity index (χ1n) is 7.69. The Morgan fingerprint density at radius 2 is 1.95 bits per heavy atom. The van der Waals surface area contributed by atoms with Crippen molar-refractivity contribution in [3.63, 3.8) is 0 Å². The predicted octanol–water partition coefficient (Wildman–Crippen LogP) is 1.90. The molecular formula is C16H29N5. The minimum absolute atomic E-state index is 0.0908. The molecule has 0 amide bonds. The highest BCUT2D eigenvalue weighted by molar-refractivity contribution is 5.38. The smallest absolute Gasteiger partial charge is 0.147 e. The Hall–Kier alpha value is -1.20. The van der Waals surface area contributed by atoms with Gasteiger partial charge in [0, 0.05) is 43.5 Å².